The largest absolute Gasteiger partial charge is 0.439 e. The van der Waals surface area contributed by atoms with Gasteiger partial charge in [-0.1, -0.05) is 22.0 Å². The van der Waals surface area contributed by atoms with E-state index in [-0.39, 0.29) is 5.78 Å². The van der Waals surface area contributed by atoms with Crippen molar-refractivity contribution in [2.24, 2.45) is 0 Å². The molecule has 14 heavy (non-hydrogen) atoms. The van der Waals surface area contributed by atoms with Gasteiger partial charge in [-0.2, -0.15) is 0 Å². The molecule has 4 heteroatoms. The Labute approximate surface area is 89.3 Å². The molecule has 3 nitrogen and oxygen atoms in total. The van der Waals surface area contributed by atoms with Gasteiger partial charge in [0.1, 0.15) is 5.52 Å². The standard InChI is InChI=1S/C10H8BrNO2/c1-6(13)7-3-2-4-8-10(7)14-9(5-11)12-8/h2-4H,5H2,1H3. The van der Waals surface area contributed by atoms with Gasteiger partial charge in [0.25, 0.3) is 0 Å². The normalized spacial score (nSPS) is 10.7. The molecule has 0 spiro atoms. The van der Waals surface area contributed by atoms with Crippen molar-refractivity contribution in [2.45, 2.75) is 12.3 Å². The van der Waals surface area contributed by atoms with Crippen LogP contribution in [-0.4, -0.2) is 10.8 Å². The minimum Gasteiger partial charge on any atom is -0.439 e. The second-order valence-corrected chi connectivity index (χ2v) is 3.51. The number of hydrogen-bond donors (Lipinski definition) is 0. The first kappa shape index (κ1) is 9.40. The quantitative estimate of drug-likeness (QED) is 0.611. The fourth-order valence-corrected chi connectivity index (χ4v) is 1.57. The number of carbonyl (C=O) groups excluding carboxylic acids is 1. The number of aromatic nitrogens is 1. The number of carbonyl (C=O) groups is 1. The zero-order valence-electron chi connectivity index (χ0n) is 7.58. The first-order valence-corrected chi connectivity index (χ1v) is 5.30. The number of para-hydroxylation sites is 1. The summed E-state index contributed by atoms with van der Waals surface area (Å²) in [5.74, 6) is 0.585. The Kier molecular flexibility index (Phi) is 2.37. The number of halogens is 1. The lowest BCUT2D eigenvalue weighted by Crippen LogP contribution is -1.91. The third-order valence-electron chi connectivity index (χ3n) is 1.95. The van der Waals surface area contributed by atoms with Crippen molar-refractivity contribution in [3.63, 3.8) is 0 Å². The van der Waals surface area contributed by atoms with Gasteiger partial charge in [-0.05, 0) is 19.1 Å². The number of oxazole rings is 1. The molecule has 0 radical (unpaired) electrons. The predicted octanol–water partition coefficient (Wildman–Crippen LogP) is 2.93. The second kappa shape index (κ2) is 3.53. The van der Waals surface area contributed by atoms with Crippen molar-refractivity contribution in [2.75, 3.05) is 0 Å². The third-order valence-corrected chi connectivity index (χ3v) is 2.43. The first-order valence-electron chi connectivity index (χ1n) is 4.17. The number of rotatable bonds is 2. The predicted molar refractivity (Wildman–Crippen MR) is 56.6 cm³/mol. The van der Waals surface area contributed by atoms with Crippen molar-refractivity contribution in [1.82, 2.24) is 4.98 Å². The molecule has 1 aromatic carbocycles. The molecule has 0 aliphatic heterocycles. The minimum atomic E-state index is -0.00660. The zero-order chi connectivity index (χ0) is 10.1. The highest BCUT2D eigenvalue weighted by Crippen LogP contribution is 2.21. The lowest BCUT2D eigenvalue weighted by Gasteiger charge is -1.93. The number of hydrogen-bond acceptors (Lipinski definition) is 3. The van der Waals surface area contributed by atoms with Crippen LogP contribution in [0.5, 0.6) is 0 Å². The molecule has 0 saturated carbocycles. The van der Waals surface area contributed by atoms with Crippen LogP contribution in [0.2, 0.25) is 0 Å². The smallest absolute Gasteiger partial charge is 0.206 e. The van der Waals surface area contributed by atoms with Crippen LogP contribution in [0.4, 0.5) is 0 Å². The Morgan fingerprint density at radius 3 is 3.00 bits per heavy atom. The highest BCUT2D eigenvalue weighted by Gasteiger charge is 2.11. The maximum Gasteiger partial charge on any atom is 0.206 e. The molecule has 0 amide bonds. The summed E-state index contributed by atoms with van der Waals surface area (Å²) >= 11 is 3.26. The van der Waals surface area contributed by atoms with Crippen molar-refractivity contribution in [1.29, 1.82) is 0 Å². The van der Waals surface area contributed by atoms with E-state index in [1.807, 2.05) is 6.07 Å². The van der Waals surface area contributed by atoms with E-state index < -0.39 is 0 Å². The Morgan fingerprint density at radius 2 is 2.36 bits per heavy atom. The molecule has 0 bridgehead atoms. The summed E-state index contributed by atoms with van der Waals surface area (Å²) in [5, 5.41) is 0.555. The molecule has 0 atom stereocenters. The van der Waals surface area contributed by atoms with Crippen molar-refractivity contribution in [3.05, 3.63) is 29.7 Å². The van der Waals surface area contributed by atoms with Gasteiger partial charge in [0.05, 0.1) is 10.9 Å². The number of benzene rings is 1. The molecule has 1 heterocycles. The summed E-state index contributed by atoms with van der Waals surface area (Å²) in [6, 6.07) is 5.38. The fraction of sp³-hybridized carbons (Fsp3) is 0.200. The highest BCUT2D eigenvalue weighted by atomic mass is 79.9. The van der Waals surface area contributed by atoms with Gasteiger partial charge in [-0.3, -0.25) is 4.79 Å². The summed E-state index contributed by atoms with van der Waals surface area (Å²) in [6.45, 7) is 1.52. The van der Waals surface area contributed by atoms with Crippen LogP contribution in [0.25, 0.3) is 11.1 Å². The van der Waals surface area contributed by atoms with Gasteiger partial charge in [0.15, 0.2) is 11.4 Å². The van der Waals surface area contributed by atoms with Gasteiger partial charge in [-0.25, -0.2) is 4.98 Å². The maximum atomic E-state index is 11.3. The molecule has 0 aliphatic carbocycles. The van der Waals surface area contributed by atoms with Crippen LogP contribution in [-0.2, 0) is 5.33 Å². The van der Waals surface area contributed by atoms with Gasteiger partial charge in [0.2, 0.25) is 5.89 Å². The van der Waals surface area contributed by atoms with Crippen LogP contribution in [0.1, 0.15) is 23.2 Å². The number of nitrogens with zero attached hydrogens (tertiary/aromatic N) is 1. The molecule has 2 rings (SSSR count). The van der Waals surface area contributed by atoms with E-state index >= 15 is 0 Å². The SMILES string of the molecule is CC(=O)c1cccc2nc(CBr)oc12. The Balaban J connectivity index is 2.73. The summed E-state index contributed by atoms with van der Waals surface area (Å²) in [6.07, 6.45) is 0. The van der Waals surface area contributed by atoms with Crippen LogP contribution in [0.15, 0.2) is 22.6 Å². The Hall–Kier alpha value is -1.16. The summed E-state index contributed by atoms with van der Waals surface area (Å²) in [5.41, 5.74) is 1.89. The molecule has 0 unspecified atom stereocenters. The summed E-state index contributed by atoms with van der Waals surface area (Å²) < 4.78 is 5.43. The van der Waals surface area contributed by atoms with Crippen LogP contribution < -0.4 is 0 Å². The topological polar surface area (TPSA) is 43.1 Å². The van der Waals surface area contributed by atoms with Crippen molar-refractivity contribution in [3.8, 4) is 0 Å². The molecule has 1 aromatic heterocycles. The minimum absolute atomic E-state index is 0.00660. The summed E-state index contributed by atoms with van der Waals surface area (Å²) in [7, 11) is 0. The van der Waals surface area contributed by atoms with E-state index in [4.69, 9.17) is 4.42 Å². The lowest BCUT2D eigenvalue weighted by atomic mass is 10.1. The fourth-order valence-electron chi connectivity index (χ4n) is 1.33. The second-order valence-electron chi connectivity index (χ2n) is 2.95. The summed E-state index contributed by atoms with van der Waals surface area (Å²) in [4.78, 5) is 15.5. The maximum absolute atomic E-state index is 11.3. The van der Waals surface area contributed by atoms with E-state index in [9.17, 15) is 4.79 Å². The van der Waals surface area contributed by atoms with Crippen LogP contribution >= 0.6 is 15.9 Å². The average Bonchev–Trinajstić information content (AvgIpc) is 2.59. The number of alkyl halides is 1. The van der Waals surface area contributed by atoms with Gasteiger partial charge >= 0.3 is 0 Å². The molecule has 0 saturated heterocycles. The van der Waals surface area contributed by atoms with E-state index in [1.54, 1.807) is 12.1 Å². The monoisotopic (exact) mass is 253 g/mol. The van der Waals surface area contributed by atoms with E-state index in [0.29, 0.717) is 22.4 Å². The van der Waals surface area contributed by atoms with Crippen molar-refractivity contribution >= 4 is 32.8 Å². The van der Waals surface area contributed by atoms with Crippen LogP contribution in [0, 0.1) is 0 Å². The number of Topliss-reactive ketones (excluding diaryl/α,β-unsaturated/α-hetero) is 1. The van der Waals surface area contributed by atoms with E-state index in [0.717, 1.165) is 5.52 Å². The number of ketones is 1. The molecule has 2 aromatic rings. The highest BCUT2D eigenvalue weighted by molar-refractivity contribution is 9.08. The average molecular weight is 254 g/mol. The molecule has 72 valence electrons. The van der Waals surface area contributed by atoms with E-state index in [1.165, 1.54) is 6.92 Å². The van der Waals surface area contributed by atoms with Gasteiger partial charge in [0, 0.05) is 0 Å². The molecular formula is C10H8BrNO2. The van der Waals surface area contributed by atoms with Gasteiger partial charge in [-0.15, -0.1) is 0 Å². The third kappa shape index (κ3) is 1.46. The van der Waals surface area contributed by atoms with E-state index in [2.05, 4.69) is 20.9 Å². The molecule has 0 N–H and O–H groups in total. The molecular weight excluding hydrogens is 246 g/mol. The van der Waals surface area contributed by atoms with Gasteiger partial charge < -0.3 is 4.42 Å². The van der Waals surface area contributed by atoms with Crippen LogP contribution in [0.3, 0.4) is 0 Å². The van der Waals surface area contributed by atoms with Crippen molar-refractivity contribution < 1.29 is 9.21 Å². The lowest BCUT2D eigenvalue weighted by molar-refractivity contribution is 0.101. The molecule has 0 fully saturated rings. The molecule has 0 aliphatic rings. The Bertz CT molecular complexity index is 490. The Morgan fingerprint density at radius 1 is 1.57 bits per heavy atom. The zero-order valence-corrected chi connectivity index (χ0v) is 9.17. The first-order chi connectivity index (χ1) is 6.72. The number of fused-ring (bicyclic) bond motifs is 1.